The zero-order chi connectivity index (χ0) is 12.3. The maximum Gasteiger partial charge on any atom is 0.155 e. The van der Waals surface area contributed by atoms with Crippen LogP contribution in [0.5, 0.6) is 0 Å². The van der Waals surface area contributed by atoms with Gasteiger partial charge in [0.15, 0.2) is 6.67 Å². The molecule has 0 radical (unpaired) electrons. The van der Waals surface area contributed by atoms with Crippen LogP contribution in [0, 0.1) is 0 Å². The van der Waals surface area contributed by atoms with Crippen LogP contribution in [-0.4, -0.2) is 27.8 Å². The fourth-order valence-corrected chi connectivity index (χ4v) is 3.23. The molecule has 92 valence electrons. The second-order valence-corrected chi connectivity index (χ2v) is 6.32. The molecule has 1 unspecified atom stereocenters. The normalized spacial score (nSPS) is 21.0. The van der Waals surface area contributed by atoms with Crippen LogP contribution in [-0.2, 0) is 6.54 Å². The maximum absolute atomic E-state index is 5.44. The van der Waals surface area contributed by atoms with Crippen LogP contribution < -0.4 is 4.90 Å². The van der Waals surface area contributed by atoms with E-state index in [1.54, 1.807) is 16.7 Å². The first-order chi connectivity index (χ1) is 8.16. The maximum atomic E-state index is 5.44. The number of rotatable bonds is 3. The van der Waals surface area contributed by atoms with Crippen molar-refractivity contribution in [2.24, 2.45) is 0 Å². The quantitative estimate of drug-likeness (QED) is 0.835. The first-order valence-electron chi connectivity index (χ1n) is 5.97. The minimum Gasteiger partial charge on any atom is -0.307 e. The van der Waals surface area contributed by atoms with Gasteiger partial charge in [-0.05, 0) is 31.2 Å². The van der Waals surface area contributed by atoms with Gasteiger partial charge in [-0.25, -0.2) is 0 Å². The van der Waals surface area contributed by atoms with E-state index < -0.39 is 0 Å². The highest BCUT2D eigenvalue weighted by Gasteiger charge is 2.26. The number of benzene rings is 1. The van der Waals surface area contributed by atoms with Gasteiger partial charge in [-0.15, -0.1) is 0 Å². The van der Waals surface area contributed by atoms with Crippen LogP contribution in [0.3, 0.4) is 0 Å². The molecule has 1 aliphatic rings. The lowest BCUT2D eigenvalue weighted by Crippen LogP contribution is -3.17. The van der Waals surface area contributed by atoms with Crippen molar-refractivity contribution in [2.75, 3.05) is 12.5 Å². The van der Waals surface area contributed by atoms with Crippen LogP contribution in [0.15, 0.2) is 30.3 Å². The van der Waals surface area contributed by atoms with Gasteiger partial charge < -0.3 is 9.80 Å². The molecule has 4 heteroatoms. The lowest BCUT2D eigenvalue weighted by atomic mass is 10.2. The standard InChI is InChI=1S/C13H18N2S2/c1-11(2)15-9-14(13(16)17-10-15)8-12-6-4-3-5-7-12/h3-7,11H,8-10H2,1-2H3/p+1. The number of nitrogens with zero attached hydrogens (tertiary/aromatic N) is 1. The van der Waals surface area contributed by atoms with E-state index in [0.29, 0.717) is 6.04 Å². The van der Waals surface area contributed by atoms with Crippen molar-refractivity contribution in [1.82, 2.24) is 4.90 Å². The smallest absolute Gasteiger partial charge is 0.155 e. The zero-order valence-corrected chi connectivity index (χ0v) is 12.0. The Morgan fingerprint density at radius 2 is 2.06 bits per heavy atom. The van der Waals surface area contributed by atoms with Crippen molar-refractivity contribution >= 4 is 28.3 Å². The van der Waals surface area contributed by atoms with E-state index in [1.165, 1.54) is 5.56 Å². The Morgan fingerprint density at radius 1 is 1.35 bits per heavy atom. The van der Waals surface area contributed by atoms with Gasteiger partial charge in [-0.3, -0.25) is 0 Å². The Balaban J connectivity index is 2.01. The predicted octanol–water partition coefficient (Wildman–Crippen LogP) is 1.73. The van der Waals surface area contributed by atoms with E-state index in [1.807, 2.05) is 0 Å². The molecule has 0 amide bonds. The van der Waals surface area contributed by atoms with Crippen LogP contribution >= 0.6 is 24.0 Å². The van der Waals surface area contributed by atoms with Crippen molar-refractivity contribution < 1.29 is 4.90 Å². The predicted molar refractivity (Wildman–Crippen MR) is 78.0 cm³/mol. The molecule has 1 aliphatic heterocycles. The van der Waals surface area contributed by atoms with Gasteiger partial charge in [0.1, 0.15) is 10.2 Å². The third-order valence-electron chi connectivity index (χ3n) is 3.07. The third-order valence-corrected chi connectivity index (χ3v) is 4.70. The van der Waals surface area contributed by atoms with Gasteiger partial charge >= 0.3 is 0 Å². The summed E-state index contributed by atoms with van der Waals surface area (Å²) >= 11 is 7.24. The molecule has 0 aromatic heterocycles. The summed E-state index contributed by atoms with van der Waals surface area (Å²) in [7, 11) is 0. The van der Waals surface area contributed by atoms with Crippen molar-refractivity contribution in [3.8, 4) is 0 Å². The Labute approximate surface area is 113 Å². The summed E-state index contributed by atoms with van der Waals surface area (Å²) < 4.78 is 1.04. The number of thioether (sulfide) groups is 1. The summed E-state index contributed by atoms with van der Waals surface area (Å²) in [5.41, 5.74) is 1.33. The zero-order valence-electron chi connectivity index (χ0n) is 10.3. The summed E-state index contributed by atoms with van der Waals surface area (Å²) in [6.45, 7) is 6.50. The fraction of sp³-hybridized carbons (Fsp3) is 0.462. The third kappa shape index (κ3) is 3.44. The number of thiocarbonyl (C=S) groups is 1. The summed E-state index contributed by atoms with van der Waals surface area (Å²) in [6.07, 6.45) is 0. The van der Waals surface area contributed by atoms with Crippen molar-refractivity contribution in [3.05, 3.63) is 35.9 Å². The Hall–Kier alpha value is -0.580. The molecule has 17 heavy (non-hydrogen) atoms. The van der Waals surface area contributed by atoms with Gasteiger partial charge in [0, 0.05) is 6.54 Å². The average molecular weight is 267 g/mol. The highest BCUT2D eigenvalue weighted by molar-refractivity contribution is 8.22. The van der Waals surface area contributed by atoms with Crippen molar-refractivity contribution in [2.45, 2.75) is 26.4 Å². The number of hydrogen-bond acceptors (Lipinski definition) is 2. The Morgan fingerprint density at radius 3 is 2.71 bits per heavy atom. The molecule has 1 N–H and O–H groups in total. The number of hydrogen-bond donors (Lipinski definition) is 1. The van der Waals surface area contributed by atoms with Gasteiger partial charge in [0.2, 0.25) is 0 Å². The molecule has 2 nitrogen and oxygen atoms in total. The van der Waals surface area contributed by atoms with Gasteiger partial charge in [0.05, 0.1) is 6.04 Å². The van der Waals surface area contributed by atoms with Gasteiger partial charge in [0.25, 0.3) is 0 Å². The molecule has 0 bridgehead atoms. The van der Waals surface area contributed by atoms with E-state index in [4.69, 9.17) is 12.2 Å². The highest BCUT2D eigenvalue weighted by atomic mass is 32.2. The molecule has 1 heterocycles. The molecule has 1 fully saturated rings. The minimum atomic E-state index is 0.656. The monoisotopic (exact) mass is 267 g/mol. The van der Waals surface area contributed by atoms with Crippen LogP contribution in [0.2, 0.25) is 0 Å². The first kappa shape index (κ1) is 12.9. The molecule has 2 rings (SSSR count). The Kier molecular flexibility index (Phi) is 4.42. The lowest BCUT2D eigenvalue weighted by molar-refractivity contribution is -0.918. The molecule has 0 spiro atoms. The van der Waals surface area contributed by atoms with Crippen LogP contribution in [0.1, 0.15) is 19.4 Å². The summed E-state index contributed by atoms with van der Waals surface area (Å²) in [5.74, 6) is 1.10. The largest absolute Gasteiger partial charge is 0.307 e. The van der Waals surface area contributed by atoms with Crippen LogP contribution in [0.25, 0.3) is 0 Å². The topological polar surface area (TPSA) is 7.68 Å². The fourth-order valence-electron chi connectivity index (χ4n) is 1.87. The second kappa shape index (κ2) is 5.85. The molecule has 0 saturated carbocycles. The summed E-state index contributed by atoms with van der Waals surface area (Å²) in [4.78, 5) is 3.91. The Bertz CT molecular complexity index is 378. The minimum absolute atomic E-state index is 0.656. The number of nitrogens with one attached hydrogen (secondary N) is 1. The first-order valence-corrected chi connectivity index (χ1v) is 7.36. The van der Waals surface area contributed by atoms with Crippen LogP contribution in [0.4, 0.5) is 0 Å². The molecule has 1 atom stereocenters. The molecule has 1 saturated heterocycles. The number of quaternary nitrogens is 1. The molecule has 1 aromatic rings. The van der Waals surface area contributed by atoms with E-state index in [2.05, 4.69) is 49.1 Å². The molecule has 0 aliphatic carbocycles. The van der Waals surface area contributed by atoms with Gasteiger partial charge in [-0.1, -0.05) is 42.5 Å². The van der Waals surface area contributed by atoms with Gasteiger partial charge in [-0.2, -0.15) is 0 Å². The summed E-state index contributed by atoms with van der Waals surface area (Å²) in [6, 6.07) is 11.2. The van der Waals surface area contributed by atoms with Crippen molar-refractivity contribution in [3.63, 3.8) is 0 Å². The van der Waals surface area contributed by atoms with E-state index in [0.717, 1.165) is 23.4 Å². The highest BCUT2D eigenvalue weighted by Crippen LogP contribution is 2.13. The average Bonchev–Trinajstić information content (AvgIpc) is 2.33. The SMILES string of the molecule is CC(C)[NH+]1CSC(=S)N(Cc2ccccc2)C1. The van der Waals surface area contributed by atoms with E-state index in [-0.39, 0.29) is 0 Å². The molecular formula is C13H19N2S2+. The molecular weight excluding hydrogens is 248 g/mol. The molecule has 1 aromatic carbocycles. The summed E-state index contributed by atoms with van der Waals surface area (Å²) in [5, 5.41) is 0. The van der Waals surface area contributed by atoms with Crippen molar-refractivity contribution in [1.29, 1.82) is 0 Å². The van der Waals surface area contributed by atoms with E-state index >= 15 is 0 Å². The lowest BCUT2D eigenvalue weighted by Gasteiger charge is -2.35. The van der Waals surface area contributed by atoms with E-state index in [9.17, 15) is 0 Å². The second-order valence-electron chi connectivity index (χ2n) is 4.71.